The molecule has 0 aliphatic rings. The van der Waals surface area contributed by atoms with Gasteiger partial charge in [0.1, 0.15) is 0 Å². The Hall–Kier alpha value is -1.35. The van der Waals surface area contributed by atoms with Crippen LogP contribution in [0.5, 0.6) is 5.75 Å². The number of carbonyl (C=O) groups excluding carboxylic acids is 1. The average Bonchev–Trinajstić information content (AvgIpc) is 2.16. The van der Waals surface area contributed by atoms with Gasteiger partial charge in [-0.1, -0.05) is 19.9 Å². The van der Waals surface area contributed by atoms with Gasteiger partial charge in [-0.2, -0.15) is 0 Å². The van der Waals surface area contributed by atoms with Gasteiger partial charge < -0.3 is 4.89 Å². The summed E-state index contributed by atoms with van der Waals surface area (Å²) in [6.45, 7) is 5.53. The van der Waals surface area contributed by atoms with Gasteiger partial charge in [0.05, 0.1) is 5.56 Å². The summed E-state index contributed by atoms with van der Waals surface area (Å²) in [6.07, 6.45) is 0. The second-order valence-corrected chi connectivity index (χ2v) is 3.56. The van der Waals surface area contributed by atoms with Crippen LogP contribution >= 0.6 is 0 Å². The Kier molecular flexibility index (Phi) is 3.25. The lowest BCUT2D eigenvalue weighted by molar-refractivity contribution is -0.137. The van der Waals surface area contributed by atoms with Gasteiger partial charge in [0.15, 0.2) is 11.5 Å². The van der Waals surface area contributed by atoms with Crippen molar-refractivity contribution in [3.63, 3.8) is 0 Å². The van der Waals surface area contributed by atoms with Crippen molar-refractivity contribution in [1.29, 1.82) is 0 Å². The number of carbonyl (C=O) groups is 1. The number of ketones is 1. The summed E-state index contributed by atoms with van der Waals surface area (Å²) in [6, 6.07) is 5.19. The van der Waals surface area contributed by atoms with E-state index in [-0.39, 0.29) is 11.5 Å². The Balaban J connectivity index is 3.21. The van der Waals surface area contributed by atoms with Crippen molar-refractivity contribution >= 4 is 5.78 Å². The highest BCUT2D eigenvalue weighted by atomic mass is 17.1. The lowest BCUT2D eigenvalue weighted by Crippen LogP contribution is -2.00. The van der Waals surface area contributed by atoms with Crippen molar-refractivity contribution in [2.45, 2.75) is 26.7 Å². The first-order valence-electron chi connectivity index (χ1n) is 4.52. The minimum Gasteiger partial charge on any atom is -0.339 e. The summed E-state index contributed by atoms with van der Waals surface area (Å²) >= 11 is 0. The van der Waals surface area contributed by atoms with Gasteiger partial charge in [0, 0.05) is 0 Å². The molecule has 0 fully saturated rings. The molecule has 1 aromatic rings. The fourth-order valence-electron chi connectivity index (χ4n) is 1.26. The maximum absolute atomic E-state index is 11.2. The number of Topliss-reactive ketones (excluding diaryl/α,β-unsaturated/α-hetero) is 1. The molecule has 0 saturated carbocycles. The normalized spacial score (nSPS) is 10.4. The first-order chi connectivity index (χ1) is 6.56. The molecule has 14 heavy (non-hydrogen) atoms. The third-order valence-electron chi connectivity index (χ3n) is 2.15. The highest BCUT2D eigenvalue weighted by Crippen LogP contribution is 2.24. The van der Waals surface area contributed by atoms with E-state index in [4.69, 9.17) is 5.26 Å². The van der Waals surface area contributed by atoms with E-state index in [1.54, 1.807) is 12.1 Å². The monoisotopic (exact) mass is 194 g/mol. The molecule has 3 nitrogen and oxygen atoms in total. The first kappa shape index (κ1) is 10.7. The molecule has 0 aliphatic carbocycles. The van der Waals surface area contributed by atoms with Gasteiger partial charge in [-0.25, -0.2) is 5.26 Å². The Labute approximate surface area is 83.3 Å². The van der Waals surface area contributed by atoms with E-state index >= 15 is 0 Å². The predicted molar refractivity (Wildman–Crippen MR) is 53.8 cm³/mol. The Bertz CT molecular complexity index is 342. The zero-order valence-corrected chi connectivity index (χ0v) is 8.57. The van der Waals surface area contributed by atoms with Crippen LogP contribution < -0.4 is 4.89 Å². The fourth-order valence-corrected chi connectivity index (χ4v) is 1.26. The summed E-state index contributed by atoms with van der Waals surface area (Å²) in [5.74, 6) is 0.444. The second-order valence-electron chi connectivity index (χ2n) is 3.56. The van der Waals surface area contributed by atoms with Crippen molar-refractivity contribution in [2.24, 2.45) is 0 Å². The van der Waals surface area contributed by atoms with E-state index < -0.39 is 0 Å². The second kappa shape index (κ2) is 4.24. The molecule has 1 N–H and O–H groups in total. The molecule has 0 spiro atoms. The molecule has 1 rings (SSSR count). The van der Waals surface area contributed by atoms with Crippen molar-refractivity contribution in [2.75, 3.05) is 0 Å². The van der Waals surface area contributed by atoms with Gasteiger partial charge >= 0.3 is 0 Å². The molecule has 0 bridgehead atoms. The van der Waals surface area contributed by atoms with E-state index in [2.05, 4.69) is 4.89 Å². The summed E-state index contributed by atoms with van der Waals surface area (Å²) in [5.41, 5.74) is 1.47. The van der Waals surface area contributed by atoms with Crippen molar-refractivity contribution < 1.29 is 14.9 Å². The summed E-state index contributed by atoms with van der Waals surface area (Å²) < 4.78 is 0. The van der Waals surface area contributed by atoms with Gasteiger partial charge in [-0.15, -0.1) is 0 Å². The molecule has 0 atom stereocenters. The molecule has 0 aromatic heterocycles. The van der Waals surface area contributed by atoms with Crippen LogP contribution in [0.3, 0.4) is 0 Å². The zero-order valence-electron chi connectivity index (χ0n) is 8.57. The van der Waals surface area contributed by atoms with Crippen molar-refractivity contribution in [1.82, 2.24) is 0 Å². The third kappa shape index (κ3) is 2.12. The lowest BCUT2D eigenvalue weighted by atomic mass is 9.99. The smallest absolute Gasteiger partial charge is 0.175 e. The van der Waals surface area contributed by atoms with E-state index in [9.17, 15) is 4.79 Å². The first-order valence-corrected chi connectivity index (χ1v) is 4.52. The topological polar surface area (TPSA) is 46.5 Å². The summed E-state index contributed by atoms with van der Waals surface area (Å²) in [4.78, 5) is 15.3. The van der Waals surface area contributed by atoms with Crippen LogP contribution in [0.4, 0.5) is 0 Å². The van der Waals surface area contributed by atoms with Gasteiger partial charge in [0.2, 0.25) is 0 Å². The quantitative estimate of drug-likeness (QED) is 0.457. The number of rotatable bonds is 3. The van der Waals surface area contributed by atoms with E-state index in [1.165, 1.54) is 6.92 Å². The molecule has 0 saturated heterocycles. The maximum Gasteiger partial charge on any atom is 0.175 e. The number of hydrogen-bond acceptors (Lipinski definition) is 3. The Morgan fingerprint density at radius 1 is 1.43 bits per heavy atom. The molecule has 0 heterocycles. The molecule has 76 valence electrons. The third-order valence-corrected chi connectivity index (χ3v) is 2.15. The fraction of sp³-hybridized carbons (Fsp3) is 0.364. The van der Waals surface area contributed by atoms with Crippen LogP contribution in [0.25, 0.3) is 0 Å². The van der Waals surface area contributed by atoms with E-state index in [1.807, 2.05) is 19.9 Å². The Morgan fingerprint density at radius 2 is 2.07 bits per heavy atom. The van der Waals surface area contributed by atoms with E-state index in [0.717, 1.165) is 5.56 Å². The van der Waals surface area contributed by atoms with Gasteiger partial charge in [-0.3, -0.25) is 4.79 Å². The minimum atomic E-state index is -0.114. The van der Waals surface area contributed by atoms with Crippen LogP contribution in [0.15, 0.2) is 18.2 Å². The molecule has 0 aliphatic heterocycles. The molecule has 1 aromatic carbocycles. The SMILES string of the molecule is CC(=O)c1cc(C(C)C)ccc1OO. The average molecular weight is 194 g/mol. The molecule has 0 radical (unpaired) electrons. The van der Waals surface area contributed by atoms with Crippen molar-refractivity contribution in [3.05, 3.63) is 29.3 Å². The summed E-state index contributed by atoms with van der Waals surface area (Å²) in [7, 11) is 0. The van der Waals surface area contributed by atoms with Crippen LogP contribution in [0, 0.1) is 0 Å². The van der Waals surface area contributed by atoms with Crippen LogP contribution in [0.1, 0.15) is 42.6 Å². The lowest BCUT2D eigenvalue weighted by Gasteiger charge is -2.09. The van der Waals surface area contributed by atoms with Crippen molar-refractivity contribution in [3.8, 4) is 5.75 Å². The number of hydrogen-bond donors (Lipinski definition) is 1. The van der Waals surface area contributed by atoms with E-state index in [0.29, 0.717) is 11.5 Å². The van der Waals surface area contributed by atoms with Crippen LogP contribution in [-0.4, -0.2) is 11.0 Å². The molecule has 0 amide bonds. The van der Waals surface area contributed by atoms with Gasteiger partial charge in [-0.05, 0) is 30.5 Å². The highest BCUT2D eigenvalue weighted by Gasteiger charge is 2.11. The standard InChI is InChI=1S/C11H14O3/c1-7(2)9-4-5-11(14-13)10(6-9)8(3)12/h4-7,13H,1-3H3. The summed E-state index contributed by atoms with van der Waals surface area (Å²) in [5, 5.41) is 8.54. The maximum atomic E-state index is 11.2. The van der Waals surface area contributed by atoms with Crippen LogP contribution in [-0.2, 0) is 0 Å². The molecule has 0 unspecified atom stereocenters. The highest BCUT2D eigenvalue weighted by molar-refractivity contribution is 5.97. The minimum absolute atomic E-state index is 0.114. The Morgan fingerprint density at radius 3 is 2.50 bits per heavy atom. The molecular formula is C11H14O3. The zero-order chi connectivity index (χ0) is 10.7. The molecular weight excluding hydrogens is 180 g/mol. The predicted octanol–water partition coefficient (Wildman–Crippen LogP) is 2.86. The molecule has 3 heteroatoms. The largest absolute Gasteiger partial charge is 0.339 e. The number of benzene rings is 1. The van der Waals surface area contributed by atoms with Crippen LogP contribution in [0.2, 0.25) is 0 Å². The van der Waals surface area contributed by atoms with Gasteiger partial charge in [0.25, 0.3) is 0 Å².